The SMILES string of the molecule is CC1C(C)[NH+](C)C(C(=O)[O-])N1C. The van der Waals surface area contributed by atoms with Crippen LogP contribution in [0.2, 0.25) is 0 Å². The summed E-state index contributed by atoms with van der Waals surface area (Å²) >= 11 is 0. The molecule has 1 fully saturated rings. The van der Waals surface area contributed by atoms with Gasteiger partial charge in [0.25, 0.3) is 0 Å². The fourth-order valence-corrected chi connectivity index (χ4v) is 1.89. The fraction of sp³-hybridized carbons (Fsp3) is 0.875. The van der Waals surface area contributed by atoms with Crippen LogP contribution in [0.25, 0.3) is 0 Å². The van der Waals surface area contributed by atoms with Crippen molar-refractivity contribution < 1.29 is 14.8 Å². The van der Waals surface area contributed by atoms with Crippen molar-refractivity contribution in [1.29, 1.82) is 0 Å². The molecule has 4 nitrogen and oxygen atoms in total. The highest BCUT2D eigenvalue weighted by Gasteiger charge is 2.42. The summed E-state index contributed by atoms with van der Waals surface area (Å²) in [5, 5.41) is 10.7. The molecular formula is C8H16N2O2. The van der Waals surface area contributed by atoms with Gasteiger partial charge in [-0.3, -0.25) is 0 Å². The number of likely N-dealkylation sites (N-methyl/N-ethyl adjacent to an activating group) is 2. The second kappa shape index (κ2) is 3.03. The first kappa shape index (κ1) is 9.48. The Morgan fingerprint density at radius 1 is 1.50 bits per heavy atom. The second-order valence-electron chi connectivity index (χ2n) is 3.66. The van der Waals surface area contributed by atoms with E-state index >= 15 is 0 Å². The van der Waals surface area contributed by atoms with E-state index in [9.17, 15) is 9.90 Å². The lowest BCUT2D eigenvalue weighted by molar-refractivity contribution is -0.913. The van der Waals surface area contributed by atoms with E-state index in [1.54, 1.807) is 0 Å². The Morgan fingerprint density at radius 3 is 2.17 bits per heavy atom. The average molecular weight is 172 g/mol. The number of carboxylic acid groups (broad SMARTS) is 1. The van der Waals surface area contributed by atoms with E-state index in [1.807, 2.05) is 25.9 Å². The molecule has 0 aromatic heterocycles. The molecule has 70 valence electrons. The van der Waals surface area contributed by atoms with Crippen LogP contribution in [0.5, 0.6) is 0 Å². The van der Waals surface area contributed by atoms with Crippen LogP contribution in [-0.4, -0.2) is 43.2 Å². The van der Waals surface area contributed by atoms with Gasteiger partial charge in [0.05, 0.1) is 13.1 Å². The van der Waals surface area contributed by atoms with E-state index in [0.717, 1.165) is 4.90 Å². The largest absolute Gasteiger partial charge is 0.543 e. The highest BCUT2D eigenvalue weighted by atomic mass is 16.4. The zero-order valence-electron chi connectivity index (χ0n) is 8.00. The summed E-state index contributed by atoms with van der Waals surface area (Å²) in [6.45, 7) is 4.09. The van der Waals surface area contributed by atoms with Crippen LogP contribution in [0.4, 0.5) is 0 Å². The number of hydrogen-bond acceptors (Lipinski definition) is 3. The first-order valence-electron chi connectivity index (χ1n) is 4.23. The van der Waals surface area contributed by atoms with E-state index in [1.165, 1.54) is 0 Å². The molecule has 0 bridgehead atoms. The van der Waals surface area contributed by atoms with E-state index in [-0.39, 0.29) is 0 Å². The molecule has 0 aliphatic carbocycles. The van der Waals surface area contributed by atoms with E-state index in [2.05, 4.69) is 6.92 Å². The van der Waals surface area contributed by atoms with E-state index in [0.29, 0.717) is 12.1 Å². The zero-order chi connectivity index (χ0) is 9.46. The Bertz CT molecular complexity index is 181. The van der Waals surface area contributed by atoms with E-state index in [4.69, 9.17) is 0 Å². The predicted molar refractivity (Wildman–Crippen MR) is 42.4 cm³/mol. The first-order chi connectivity index (χ1) is 5.46. The maximum Gasteiger partial charge on any atom is 0.185 e. The molecule has 1 N–H and O–H groups in total. The molecule has 0 aromatic carbocycles. The molecule has 0 amide bonds. The van der Waals surface area contributed by atoms with E-state index < -0.39 is 12.1 Å². The summed E-state index contributed by atoms with van der Waals surface area (Å²) in [4.78, 5) is 13.6. The van der Waals surface area contributed by atoms with Crippen LogP contribution in [0.15, 0.2) is 0 Å². The fourth-order valence-electron chi connectivity index (χ4n) is 1.89. The topological polar surface area (TPSA) is 47.8 Å². The summed E-state index contributed by atoms with van der Waals surface area (Å²) in [5.41, 5.74) is 0. The van der Waals surface area contributed by atoms with Gasteiger partial charge in [0.2, 0.25) is 0 Å². The number of carbonyl (C=O) groups is 1. The maximum absolute atomic E-state index is 10.7. The van der Waals surface area contributed by atoms with Gasteiger partial charge < -0.3 is 14.8 Å². The highest BCUT2D eigenvalue weighted by Crippen LogP contribution is 2.07. The summed E-state index contributed by atoms with van der Waals surface area (Å²) in [5.74, 6) is -0.980. The third kappa shape index (κ3) is 1.21. The molecule has 0 spiro atoms. The summed E-state index contributed by atoms with van der Waals surface area (Å²) < 4.78 is 0. The van der Waals surface area contributed by atoms with Gasteiger partial charge in [-0.15, -0.1) is 0 Å². The summed E-state index contributed by atoms with van der Waals surface area (Å²) in [6, 6.07) is 0.644. The van der Waals surface area contributed by atoms with Gasteiger partial charge in [-0.2, -0.15) is 0 Å². The number of nitrogens with zero attached hydrogens (tertiary/aromatic N) is 1. The number of carbonyl (C=O) groups excluding carboxylic acids is 1. The number of aliphatic carboxylic acids is 1. The zero-order valence-corrected chi connectivity index (χ0v) is 8.00. The van der Waals surface area contributed by atoms with Gasteiger partial charge in [-0.1, -0.05) is 0 Å². The van der Waals surface area contributed by atoms with Crippen molar-refractivity contribution in [1.82, 2.24) is 4.90 Å². The molecule has 1 heterocycles. The minimum absolute atomic E-state index is 0.299. The number of carboxylic acids is 1. The minimum Gasteiger partial charge on any atom is -0.543 e. The normalized spacial score (nSPS) is 43.3. The minimum atomic E-state index is -0.980. The number of quaternary nitrogens is 1. The van der Waals surface area contributed by atoms with Crippen molar-refractivity contribution in [3.8, 4) is 0 Å². The maximum atomic E-state index is 10.7. The molecule has 0 aromatic rings. The molecule has 4 unspecified atom stereocenters. The summed E-state index contributed by atoms with van der Waals surface area (Å²) in [6.07, 6.45) is -0.491. The van der Waals surface area contributed by atoms with Crippen molar-refractivity contribution in [2.75, 3.05) is 14.1 Å². The van der Waals surface area contributed by atoms with Gasteiger partial charge in [0.15, 0.2) is 6.17 Å². The quantitative estimate of drug-likeness (QED) is 0.468. The van der Waals surface area contributed by atoms with Crippen LogP contribution in [0.1, 0.15) is 13.8 Å². The lowest BCUT2D eigenvalue weighted by Gasteiger charge is -2.23. The molecule has 1 rings (SSSR count). The molecule has 1 saturated heterocycles. The molecule has 0 radical (unpaired) electrons. The third-order valence-corrected chi connectivity index (χ3v) is 3.15. The second-order valence-corrected chi connectivity index (χ2v) is 3.66. The number of nitrogens with one attached hydrogen (secondary N) is 1. The van der Waals surface area contributed by atoms with Crippen LogP contribution in [0, 0.1) is 0 Å². The van der Waals surface area contributed by atoms with Gasteiger partial charge in [-0.25, -0.2) is 4.90 Å². The molecule has 12 heavy (non-hydrogen) atoms. The Kier molecular flexibility index (Phi) is 2.39. The van der Waals surface area contributed by atoms with Crippen molar-refractivity contribution >= 4 is 5.97 Å². The van der Waals surface area contributed by atoms with Crippen LogP contribution < -0.4 is 10.0 Å². The Hall–Kier alpha value is -0.610. The van der Waals surface area contributed by atoms with Gasteiger partial charge in [0, 0.05) is 0 Å². The van der Waals surface area contributed by atoms with Gasteiger partial charge >= 0.3 is 0 Å². The molecule has 0 saturated carbocycles. The molecule has 4 heteroatoms. The van der Waals surface area contributed by atoms with Crippen molar-refractivity contribution in [2.24, 2.45) is 0 Å². The predicted octanol–water partition coefficient (Wildman–Crippen LogP) is -2.70. The number of hydrogen-bond donors (Lipinski definition) is 1. The van der Waals surface area contributed by atoms with Gasteiger partial charge in [-0.05, 0) is 20.9 Å². The Morgan fingerprint density at radius 2 is 2.00 bits per heavy atom. The average Bonchev–Trinajstić information content (AvgIpc) is 2.16. The lowest BCUT2D eigenvalue weighted by atomic mass is 10.2. The van der Waals surface area contributed by atoms with Crippen molar-refractivity contribution in [3.05, 3.63) is 0 Å². The van der Waals surface area contributed by atoms with Crippen molar-refractivity contribution in [3.63, 3.8) is 0 Å². The van der Waals surface area contributed by atoms with Gasteiger partial charge in [0.1, 0.15) is 12.0 Å². The Balaban J connectivity index is 2.83. The molecule has 4 atom stereocenters. The first-order valence-corrected chi connectivity index (χ1v) is 4.23. The molecular weight excluding hydrogens is 156 g/mol. The standard InChI is InChI=1S/C8H16N2O2/c1-5-6(2)10(4)7(8(11)12)9(5)3/h5-7H,1-4H3,(H,11,12). The smallest absolute Gasteiger partial charge is 0.185 e. The molecule has 1 aliphatic heterocycles. The monoisotopic (exact) mass is 172 g/mol. The number of rotatable bonds is 1. The lowest BCUT2D eigenvalue weighted by Crippen LogP contribution is -3.16. The summed E-state index contributed by atoms with van der Waals surface area (Å²) in [7, 11) is 3.73. The molecule has 1 aliphatic rings. The van der Waals surface area contributed by atoms with Crippen molar-refractivity contribution in [2.45, 2.75) is 32.1 Å². The van der Waals surface area contributed by atoms with Crippen LogP contribution in [0.3, 0.4) is 0 Å². The van der Waals surface area contributed by atoms with Crippen LogP contribution >= 0.6 is 0 Å². The van der Waals surface area contributed by atoms with Crippen LogP contribution in [-0.2, 0) is 4.79 Å². The highest BCUT2D eigenvalue weighted by molar-refractivity contribution is 5.69. The third-order valence-electron chi connectivity index (χ3n) is 3.15. The Labute approximate surface area is 72.8 Å².